The van der Waals surface area contributed by atoms with Gasteiger partial charge in [0.15, 0.2) is 0 Å². The largest absolute Gasteiger partial charge is 0.496 e. The number of carbonyl (C=O) groups is 1. The summed E-state index contributed by atoms with van der Waals surface area (Å²) in [5, 5.41) is 2.78. The van der Waals surface area contributed by atoms with E-state index >= 15 is 0 Å². The predicted molar refractivity (Wildman–Crippen MR) is 109 cm³/mol. The number of anilines is 1. The molecule has 0 aliphatic carbocycles. The summed E-state index contributed by atoms with van der Waals surface area (Å²) in [5.41, 5.74) is 0.788. The Morgan fingerprint density at radius 3 is 2.26 bits per heavy atom. The highest BCUT2D eigenvalue weighted by atomic mass is 32.2. The van der Waals surface area contributed by atoms with Crippen LogP contribution >= 0.6 is 11.8 Å². The van der Waals surface area contributed by atoms with E-state index in [1.165, 1.54) is 29.6 Å². The smallest absolute Gasteiger partial charge is 0.259 e. The van der Waals surface area contributed by atoms with Gasteiger partial charge in [0.25, 0.3) is 5.91 Å². The number of methoxy groups -OCH3 is 1. The van der Waals surface area contributed by atoms with Gasteiger partial charge in [-0.1, -0.05) is 13.8 Å². The van der Waals surface area contributed by atoms with Crippen LogP contribution in [0.3, 0.4) is 0 Å². The molecule has 1 amide bonds. The molecule has 1 N–H and O–H groups in total. The molecule has 0 fully saturated rings. The molecule has 0 aliphatic heterocycles. The minimum Gasteiger partial charge on any atom is -0.496 e. The van der Waals surface area contributed by atoms with Crippen molar-refractivity contribution >= 4 is 33.4 Å². The Labute approximate surface area is 165 Å². The van der Waals surface area contributed by atoms with Gasteiger partial charge < -0.3 is 10.1 Å². The Bertz CT molecular complexity index is 892. The second-order valence-electron chi connectivity index (χ2n) is 5.63. The number of hydrogen-bond acceptors (Lipinski definition) is 5. The molecule has 2 rings (SSSR count). The molecule has 0 bridgehead atoms. The first kappa shape index (κ1) is 21.3. The molecular formula is C19H24N2O4S2. The van der Waals surface area contributed by atoms with Gasteiger partial charge in [-0.15, -0.1) is 11.8 Å². The van der Waals surface area contributed by atoms with Gasteiger partial charge in [-0.2, -0.15) is 4.31 Å². The molecule has 146 valence electrons. The molecule has 0 spiro atoms. The van der Waals surface area contributed by atoms with E-state index in [2.05, 4.69) is 5.32 Å². The quantitative estimate of drug-likeness (QED) is 0.674. The summed E-state index contributed by atoms with van der Waals surface area (Å²) < 4.78 is 32.1. The van der Waals surface area contributed by atoms with Crippen LogP contribution in [0.2, 0.25) is 0 Å². The summed E-state index contributed by atoms with van der Waals surface area (Å²) >= 11 is 1.61. The molecule has 0 saturated heterocycles. The molecule has 0 heterocycles. The first-order chi connectivity index (χ1) is 12.9. The molecule has 27 heavy (non-hydrogen) atoms. The number of thioether (sulfide) groups is 1. The molecular weight excluding hydrogens is 384 g/mol. The number of nitrogens with one attached hydrogen (secondary N) is 1. The van der Waals surface area contributed by atoms with E-state index in [-0.39, 0.29) is 10.5 Å². The van der Waals surface area contributed by atoms with E-state index in [1.54, 1.807) is 37.7 Å². The molecule has 0 radical (unpaired) electrons. The monoisotopic (exact) mass is 408 g/mol. The maximum absolute atomic E-state index is 12.7. The highest BCUT2D eigenvalue weighted by Gasteiger charge is 2.24. The van der Waals surface area contributed by atoms with Crippen LogP contribution in [0.5, 0.6) is 5.75 Å². The molecule has 6 nitrogen and oxygen atoms in total. The summed E-state index contributed by atoms with van der Waals surface area (Å²) in [4.78, 5) is 13.9. The normalized spacial score (nSPS) is 11.4. The van der Waals surface area contributed by atoms with E-state index in [4.69, 9.17) is 4.74 Å². The summed E-state index contributed by atoms with van der Waals surface area (Å²) in [6.07, 6.45) is 1.97. The molecule has 0 aromatic heterocycles. The number of carbonyl (C=O) groups excluding carboxylic acids is 1. The average Bonchev–Trinajstić information content (AvgIpc) is 2.68. The van der Waals surface area contributed by atoms with Crippen LogP contribution < -0.4 is 10.1 Å². The summed E-state index contributed by atoms with van der Waals surface area (Å²) in [5.74, 6) is -0.118. The molecule has 8 heteroatoms. The second kappa shape index (κ2) is 9.25. The van der Waals surface area contributed by atoms with Gasteiger partial charge in [0.05, 0.1) is 17.6 Å². The zero-order valence-corrected chi connectivity index (χ0v) is 17.5. The van der Waals surface area contributed by atoms with Gasteiger partial charge >= 0.3 is 0 Å². The van der Waals surface area contributed by atoms with E-state index < -0.39 is 15.9 Å². The van der Waals surface area contributed by atoms with Crippen molar-refractivity contribution in [1.82, 2.24) is 4.31 Å². The van der Waals surface area contributed by atoms with E-state index in [1.807, 2.05) is 18.4 Å². The van der Waals surface area contributed by atoms with Crippen molar-refractivity contribution in [3.05, 3.63) is 48.0 Å². The van der Waals surface area contributed by atoms with E-state index in [0.29, 0.717) is 24.5 Å². The number of amides is 1. The lowest BCUT2D eigenvalue weighted by Crippen LogP contribution is -2.30. The third-order valence-corrected chi connectivity index (χ3v) is 6.90. The standard InChI is InChI=1S/C19H24N2O4S2/c1-5-21(6-2)27(23,24)16-11-12-18(25-3)17(13-16)19(22)20-14-7-9-15(26-4)10-8-14/h7-13H,5-6H2,1-4H3,(H,20,22). The van der Waals surface area contributed by atoms with Crippen LogP contribution in [0.15, 0.2) is 52.3 Å². The van der Waals surface area contributed by atoms with Crippen LogP contribution in [-0.2, 0) is 10.0 Å². The number of sulfonamides is 1. The Kier molecular flexibility index (Phi) is 7.29. The number of hydrogen-bond donors (Lipinski definition) is 1. The van der Waals surface area contributed by atoms with Crippen molar-refractivity contribution in [2.75, 3.05) is 31.8 Å². The fraction of sp³-hybridized carbons (Fsp3) is 0.316. The lowest BCUT2D eigenvalue weighted by molar-refractivity contribution is 0.102. The van der Waals surface area contributed by atoms with Gasteiger partial charge in [-0.3, -0.25) is 4.79 Å². The van der Waals surface area contributed by atoms with Crippen molar-refractivity contribution in [3.8, 4) is 5.75 Å². The Hall–Kier alpha value is -2.03. The fourth-order valence-corrected chi connectivity index (χ4v) is 4.50. The number of nitrogens with zero attached hydrogens (tertiary/aromatic N) is 1. The van der Waals surface area contributed by atoms with Crippen molar-refractivity contribution < 1.29 is 17.9 Å². The SMILES string of the molecule is CCN(CC)S(=O)(=O)c1ccc(OC)c(C(=O)Nc2ccc(SC)cc2)c1. The number of ether oxygens (including phenoxy) is 1. The number of rotatable bonds is 8. The molecule has 0 saturated carbocycles. The van der Waals surface area contributed by atoms with E-state index in [9.17, 15) is 13.2 Å². The van der Waals surface area contributed by atoms with Crippen LogP contribution in [0, 0.1) is 0 Å². The first-order valence-corrected chi connectivity index (χ1v) is 11.2. The van der Waals surface area contributed by atoms with Gasteiger partial charge in [0.2, 0.25) is 10.0 Å². The van der Waals surface area contributed by atoms with E-state index in [0.717, 1.165) is 4.90 Å². The minimum absolute atomic E-state index is 0.0647. The zero-order valence-electron chi connectivity index (χ0n) is 15.9. The number of benzene rings is 2. The van der Waals surface area contributed by atoms with Gasteiger partial charge in [-0.05, 0) is 48.7 Å². The second-order valence-corrected chi connectivity index (χ2v) is 8.45. The van der Waals surface area contributed by atoms with Crippen molar-refractivity contribution in [1.29, 1.82) is 0 Å². The summed E-state index contributed by atoms with van der Waals surface area (Å²) in [7, 11) is -2.23. The van der Waals surface area contributed by atoms with Crippen molar-refractivity contribution in [2.24, 2.45) is 0 Å². The van der Waals surface area contributed by atoms with Crippen molar-refractivity contribution in [2.45, 2.75) is 23.6 Å². The third-order valence-electron chi connectivity index (χ3n) is 4.11. The van der Waals surface area contributed by atoms with Crippen LogP contribution in [0.1, 0.15) is 24.2 Å². The minimum atomic E-state index is -3.67. The maximum atomic E-state index is 12.7. The average molecular weight is 409 g/mol. The van der Waals surface area contributed by atoms with Crippen LogP contribution in [-0.4, -0.2) is 45.1 Å². The lowest BCUT2D eigenvalue weighted by Gasteiger charge is -2.19. The first-order valence-electron chi connectivity index (χ1n) is 8.50. The summed E-state index contributed by atoms with van der Waals surface area (Å²) in [6, 6.07) is 11.7. The van der Waals surface area contributed by atoms with Crippen LogP contribution in [0.25, 0.3) is 0 Å². The highest BCUT2D eigenvalue weighted by Crippen LogP contribution is 2.26. The Morgan fingerprint density at radius 2 is 1.74 bits per heavy atom. The lowest BCUT2D eigenvalue weighted by atomic mass is 10.2. The molecule has 0 unspecified atom stereocenters. The van der Waals surface area contributed by atoms with Gasteiger partial charge in [0, 0.05) is 23.7 Å². The highest BCUT2D eigenvalue weighted by molar-refractivity contribution is 7.98. The van der Waals surface area contributed by atoms with Gasteiger partial charge in [0.1, 0.15) is 5.75 Å². The third kappa shape index (κ3) is 4.82. The molecule has 2 aromatic rings. The molecule has 0 aliphatic rings. The molecule has 0 atom stereocenters. The van der Waals surface area contributed by atoms with Crippen LogP contribution in [0.4, 0.5) is 5.69 Å². The summed E-state index contributed by atoms with van der Waals surface area (Å²) in [6.45, 7) is 4.26. The zero-order chi connectivity index (χ0) is 20.0. The Balaban J connectivity index is 2.37. The van der Waals surface area contributed by atoms with Crippen molar-refractivity contribution in [3.63, 3.8) is 0 Å². The van der Waals surface area contributed by atoms with Gasteiger partial charge in [-0.25, -0.2) is 8.42 Å². The topological polar surface area (TPSA) is 75.7 Å². The maximum Gasteiger partial charge on any atom is 0.259 e. The Morgan fingerprint density at radius 1 is 1.11 bits per heavy atom. The predicted octanol–water partition coefficient (Wildman–Crippen LogP) is 3.70. The fourth-order valence-electron chi connectivity index (χ4n) is 2.61. The molecule has 2 aromatic carbocycles.